The number of nitro benzene ring substituents is 1. The Bertz CT molecular complexity index is 592. The van der Waals surface area contributed by atoms with Gasteiger partial charge in [-0.25, -0.2) is 0 Å². The van der Waals surface area contributed by atoms with Gasteiger partial charge in [0, 0.05) is 36.2 Å². The molecule has 104 valence electrons. The first kappa shape index (κ1) is 13.0. The largest absolute Gasteiger partial charge is 0.296 e. The minimum Gasteiger partial charge on any atom is -0.296 e. The molecule has 0 aliphatic carbocycles. The molecule has 20 heavy (non-hydrogen) atoms. The zero-order valence-corrected chi connectivity index (χ0v) is 11.3. The Balaban J connectivity index is 1.90. The maximum atomic E-state index is 12.2. The van der Waals surface area contributed by atoms with Crippen molar-refractivity contribution in [3.05, 3.63) is 45.5 Å². The summed E-state index contributed by atoms with van der Waals surface area (Å²) < 4.78 is 0. The van der Waals surface area contributed by atoms with Crippen molar-refractivity contribution in [3.63, 3.8) is 0 Å². The Kier molecular flexibility index (Phi) is 3.14. The van der Waals surface area contributed by atoms with Crippen LogP contribution in [0.5, 0.6) is 0 Å². The van der Waals surface area contributed by atoms with Crippen molar-refractivity contribution >= 4 is 17.5 Å². The number of carbonyl (C=O) groups excluding carboxylic acids is 1. The van der Waals surface area contributed by atoms with Crippen molar-refractivity contribution in [2.24, 2.45) is 0 Å². The van der Waals surface area contributed by atoms with Gasteiger partial charge in [-0.1, -0.05) is 0 Å². The Morgan fingerprint density at radius 2 is 2.00 bits per heavy atom. The summed E-state index contributed by atoms with van der Waals surface area (Å²) in [6, 6.07) is 6.93. The van der Waals surface area contributed by atoms with E-state index in [0.717, 1.165) is 24.0 Å². The van der Waals surface area contributed by atoms with Crippen molar-refractivity contribution in [1.29, 1.82) is 0 Å². The van der Waals surface area contributed by atoms with Gasteiger partial charge in [-0.3, -0.25) is 19.8 Å². The number of benzene rings is 1. The SMILES string of the molecule is CN1C2CCC1/C(=C\c1ccc([N+](=O)[O-])cc1)C(=O)C2. The topological polar surface area (TPSA) is 63.4 Å². The minimum atomic E-state index is -0.419. The number of nitrogens with zero attached hydrogens (tertiary/aromatic N) is 2. The van der Waals surface area contributed by atoms with E-state index < -0.39 is 4.92 Å². The Hall–Kier alpha value is -2.01. The van der Waals surface area contributed by atoms with Crippen LogP contribution in [0.15, 0.2) is 29.8 Å². The van der Waals surface area contributed by atoms with Gasteiger partial charge in [0.2, 0.25) is 0 Å². The van der Waals surface area contributed by atoms with Crippen LogP contribution in [0.25, 0.3) is 6.08 Å². The van der Waals surface area contributed by atoms with Gasteiger partial charge in [-0.15, -0.1) is 0 Å². The summed E-state index contributed by atoms with van der Waals surface area (Å²) in [7, 11) is 2.07. The number of fused-ring (bicyclic) bond motifs is 2. The van der Waals surface area contributed by atoms with Crippen LogP contribution in [0.4, 0.5) is 5.69 Å². The number of non-ortho nitro benzene ring substituents is 1. The van der Waals surface area contributed by atoms with Crippen molar-refractivity contribution in [2.75, 3.05) is 7.05 Å². The maximum Gasteiger partial charge on any atom is 0.269 e. The first-order valence-electron chi connectivity index (χ1n) is 6.77. The monoisotopic (exact) mass is 272 g/mol. The molecule has 0 N–H and O–H groups in total. The second-order valence-corrected chi connectivity index (χ2v) is 5.49. The molecule has 2 fully saturated rings. The molecule has 3 rings (SSSR count). The molecule has 0 amide bonds. The Labute approximate surface area is 117 Å². The third-order valence-electron chi connectivity index (χ3n) is 4.37. The molecular weight excluding hydrogens is 256 g/mol. The first-order chi connectivity index (χ1) is 9.56. The van der Waals surface area contributed by atoms with Gasteiger partial charge in [-0.2, -0.15) is 0 Å². The molecule has 2 heterocycles. The molecule has 2 bridgehead atoms. The van der Waals surface area contributed by atoms with Gasteiger partial charge >= 0.3 is 0 Å². The molecule has 2 saturated heterocycles. The first-order valence-corrected chi connectivity index (χ1v) is 6.77. The molecular formula is C15H16N2O3. The number of likely N-dealkylation sites (N-methyl/N-ethyl adjacent to an activating group) is 1. The summed E-state index contributed by atoms with van der Waals surface area (Å²) in [5.41, 5.74) is 1.76. The zero-order chi connectivity index (χ0) is 14.3. The molecule has 0 saturated carbocycles. The lowest BCUT2D eigenvalue weighted by atomic mass is 9.94. The van der Waals surface area contributed by atoms with Crippen LogP contribution in [0.2, 0.25) is 0 Å². The molecule has 1 aromatic rings. The number of hydrogen-bond acceptors (Lipinski definition) is 4. The third kappa shape index (κ3) is 2.14. The molecule has 2 aliphatic rings. The lowest BCUT2D eigenvalue weighted by Crippen LogP contribution is -2.41. The molecule has 2 atom stereocenters. The van der Waals surface area contributed by atoms with Crippen LogP contribution in [-0.4, -0.2) is 34.7 Å². The Morgan fingerprint density at radius 1 is 1.30 bits per heavy atom. The fourth-order valence-electron chi connectivity index (χ4n) is 3.20. The standard InChI is InChI=1S/C15H16N2O3/c1-16-12-6-7-14(16)13(15(18)9-12)8-10-2-4-11(5-3-10)17(19)20/h2-5,8,12,14H,6-7,9H2,1H3/b13-8+. The molecule has 2 aliphatic heterocycles. The second kappa shape index (κ2) is 4.83. The predicted molar refractivity (Wildman–Crippen MR) is 75.3 cm³/mol. The molecule has 0 radical (unpaired) electrons. The van der Waals surface area contributed by atoms with Gasteiger partial charge in [0.25, 0.3) is 5.69 Å². The molecule has 5 nitrogen and oxygen atoms in total. The third-order valence-corrected chi connectivity index (χ3v) is 4.37. The molecule has 1 aromatic carbocycles. The number of rotatable bonds is 2. The summed E-state index contributed by atoms with van der Waals surface area (Å²) in [6.45, 7) is 0. The lowest BCUT2D eigenvalue weighted by Gasteiger charge is -2.32. The van der Waals surface area contributed by atoms with Gasteiger partial charge in [0.05, 0.1) is 4.92 Å². The summed E-state index contributed by atoms with van der Waals surface area (Å²) in [6.07, 6.45) is 4.57. The zero-order valence-electron chi connectivity index (χ0n) is 11.3. The maximum absolute atomic E-state index is 12.2. The van der Waals surface area contributed by atoms with E-state index in [2.05, 4.69) is 11.9 Å². The number of nitro groups is 1. The highest BCUT2D eigenvalue weighted by Crippen LogP contribution is 2.36. The van der Waals surface area contributed by atoms with Crippen LogP contribution in [-0.2, 0) is 4.79 Å². The highest BCUT2D eigenvalue weighted by Gasteiger charge is 2.41. The van der Waals surface area contributed by atoms with Crippen molar-refractivity contribution in [1.82, 2.24) is 4.90 Å². The number of ketones is 1. The van der Waals surface area contributed by atoms with Gasteiger partial charge in [0.1, 0.15) is 0 Å². The number of hydrogen-bond donors (Lipinski definition) is 0. The summed E-state index contributed by atoms with van der Waals surface area (Å²) in [5, 5.41) is 10.6. The van der Waals surface area contributed by atoms with E-state index in [9.17, 15) is 14.9 Å². The average Bonchev–Trinajstić information content (AvgIpc) is 2.68. The molecule has 5 heteroatoms. The van der Waals surface area contributed by atoms with E-state index in [-0.39, 0.29) is 17.5 Å². The van der Waals surface area contributed by atoms with Crippen molar-refractivity contribution < 1.29 is 9.72 Å². The number of carbonyl (C=O) groups is 1. The van der Waals surface area contributed by atoms with E-state index in [1.807, 2.05) is 6.08 Å². The van der Waals surface area contributed by atoms with E-state index in [4.69, 9.17) is 0 Å². The highest BCUT2D eigenvalue weighted by molar-refractivity contribution is 6.02. The Morgan fingerprint density at radius 3 is 2.65 bits per heavy atom. The minimum absolute atomic E-state index is 0.0696. The van der Waals surface area contributed by atoms with Crippen LogP contribution < -0.4 is 0 Å². The fraction of sp³-hybridized carbons (Fsp3) is 0.400. The highest BCUT2D eigenvalue weighted by atomic mass is 16.6. The van der Waals surface area contributed by atoms with E-state index in [0.29, 0.717) is 12.5 Å². The van der Waals surface area contributed by atoms with Crippen LogP contribution >= 0.6 is 0 Å². The van der Waals surface area contributed by atoms with Crippen LogP contribution in [0.3, 0.4) is 0 Å². The van der Waals surface area contributed by atoms with Crippen LogP contribution in [0, 0.1) is 10.1 Å². The van der Waals surface area contributed by atoms with E-state index in [1.165, 1.54) is 12.1 Å². The smallest absolute Gasteiger partial charge is 0.269 e. The van der Waals surface area contributed by atoms with Gasteiger partial charge < -0.3 is 0 Å². The summed E-state index contributed by atoms with van der Waals surface area (Å²) >= 11 is 0. The van der Waals surface area contributed by atoms with E-state index >= 15 is 0 Å². The number of piperidine rings is 1. The average molecular weight is 272 g/mol. The summed E-state index contributed by atoms with van der Waals surface area (Å²) in [5.74, 6) is 0.217. The van der Waals surface area contributed by atoms with Crippen LogP contribution in [0.1, 0.15) is 24.8 Å². The second-order valence-electron chi connectivity index (χ2n) is 5.49. The molecule has 0 spiro atoms. The molecule has 2 unspecified atom stereocenters. The predicted octanol–water partition coefficient (Wildman–Crippen LogP) is 2.41. The van der Waals surface area contributed by atoms with Gasteiger partial charge in [-0.05, 0) is 43.7 Å². The number of Topliss-reactive ketones (excluding diaryl/α,β-unsaturated/α-hetero) is 1. The van der Waals surface area contributed by atoms with Crippen molar-refractivity contribution in [3.8, 4) is 0 Å². The van der Waals surface area contributed by atoms with E-state index in [1.54, 1.807) is 12.1 Å². The molecule has 0 aromatic heterocycles. The quantitative estimate of drug-likeness (QED) is 0.471. The fourth-order valence-corrected chi connectivity index (χ4v) is 3.20. The van der Waals surface area contributed by atoms with Crippen molar-refractivity contribution in [2.45, 2.75) is 31.3 Å². The summed E-state index contributed by atoms with van der Waals surface area (Å²) in [4.78, 5) is 24.7. The van der Waals surface area contributed by atoms with Gasteiger partial charge in [0.15, 0.2) is 5.78 Å². The lowest BCUT2D eigenvalue weighted by molar-refractivity contribution is -0.384. The normalized spacial score (nSPS) is 28.1.